The minimum absolute atomic E-state index is 0.383. The van der Waals surface area contributed by atoms with Crippen molar-refractivity contribution in [3.05, 3.63) is 47.5 Å². The van der Waals surface area contributed by atoms with E-state index in [4.69, 9.17) is 20.9 Å². The molecule has 36 heavy (non-hydrogen) atoms. The highest BCUT2D eigenvalue weighted by atomic mass is 16.6. The zero-order valence-electron chi connectivity index (χ0n) is 23.6. The molecule has 0 atom stereocenters. The highest BCUT2D eigenvalue weighted by Crippen LogP contribution is 2.24. The zero-order chi connectivity index (χ0) is 27.8. The Kier molecular flexibility index (Phi) is 10.6. The molecular weight excluding hydrogens is 456 g/mol. The Morgan fingerprint density at radius 3 is 1.22 bits per heavy atom. The fourth-order valence-corrected chi connectivity index (χ4v) is 3.10. The topological polar surface area (TPSA) is 111 Å². The number of hydrogen-bond donors (Lipinski definition) is 2. The van der Waals surface area contributed by atoms with E-state index in [9.17, 15) is 9.59 Å². The van der Waals surface area contributed by atoms with Crippen LogP contribution in [-0.4, -0.2) is 37.5 Å². The highest BCUT2D eigenvalue weighted by Gasteiger charge is 2.22. The summed E-state index contributed by atoms with van der Waals surface area (Å²) >= 11 is 0. The number of hydrogen-bond acceptors (Lipinski definition) is 6. The number of aryl methyl sites for hydroxylation is 2. The van der Waals surface area contributed by atoms with Gasteiger partial charge in [-0.25, -0.2) is 9.59 Å². The predicted octanol–water partition coefficient (Wildman–Crippen LogP) is 6.41. The summed E-state index contributed by atoms with van der Waals surface area (Å²) in [6.07, 6.45) is 0.988. The molecule has 2 aromatic rings. The maximum atomic E-state index is 11.9. The molecule has 0 aliphatic heterocycles. The van der Waals surface area contributed by atoms with Crippen molar-refractivity contribution in [2.45, 2.75) is 79.4 Å². The first-order valence-electron chi connectivity index (χ1n) is 12.2. The molecule has 2 aromatic carbocycles. The summed E-state index contributed by atoms with van der Waals surface area (Å²) < 4.78 is 10.6. The molecule has 0 aliphatic rings. The van der Waals surface area contributed by atoms with Crippen molar-refractivity contribution < 1.29 is 19.1 Å². The molecule has 4 N–H and O–H groups in total. The van der Waals surface area contributed by atoms with E-state index in [1.807, 2.05) is 79.7 Å². The third-order valence-corrected chi connectivity index (χ3v) is 5.13. The van der Waals surface area contributed by atoms with Crippen molar-refractivity contribution in [3.63, 3.8) is 0 Å². The molecule has 0 fully saturated rings. The van der Waals surface area contributed by atoms with Crippen LogP contribution in [0.25, 0.3) is 0 Å². The molecule has 2 rings (SSSR count). The van der Waals surface area contributed by atoms with E-state index in [1.54, 1.807) is 26.2 Å². The lowest BCUT2D eigenvalue weighted by atomic mass is 10.1. The van der Waals surface area contributed by atoms with Gasteiger partial charge in [0.2, 0.25) is 0 Å². The van der Waals surface area contributed by atoms with Crippen LogP contribution in [0.1, 0.15) is 66.5 Å². The normalized spacial score (nSPS) is 11.2. The summed E-state index contributed by atoms with van der Waals surface area (Å²) in [7, 11) is 3.35. The largest absolute Gasteiger partial charge is 0.443 e. The summed E-state index contributed by atoms with van der Waals surface area (Å²) in [5.74, 6) is 0. The lowest BCUT2D eigenvalue weighted by Gasteiger charge is -2.25. The number of anilines is 4. The van der Waals surface area contributed by atoms with Crippen LogP contribution < -0.4 is 21.3 Å². The third kappa shape index (κ3) is 9.68. The second-order valence-electron chi connectivity index (χ2n) is 10.6. The Hall–Kier alpha value is -3.42. The molecule has 200 valence electrons. The van der Waals surface area contributed by atoms with Gasteiger partial charge < -0.3 is 20.9 Å². The van der Waals surface area contributed by atoms with E-state index in [1.165, 1.54) is 9.80 Å². The number of amides is 2. The van der Waals surface area contributed by atoms with Gasteiger partial charge in [0.25, 0.3) is 0 Å². The lowest BCUT2D eigenvalue weighted by molar-refractivity contribution is 0.0578. The first-order chi connectivity index (χ1) is 16.5. The van der Waals surface area contributed by atoms with Crippen LogP contribution in [0, 0.1) is 0 Å². The Labute approximate surface area is 216 Å². The Balaban J connectivity index is 0.000000360. The van der Waals surface area contributed by atoms with E-state index in [2.05, 4.69) is 0 Å². The molecule has 2 amide bonds. The van der Waals surface area contributed by atoms with Crippen LogP contribution in [0.4, 0.5) is 32.3 Å². The van der Waals surface area contributed by atoms with Gasteiger partial charge in [-0.2, -0.15) is 0 Å². The average Bonchev–Trinajstić information content (AvgIpc) is 2.76. The second kappa shape index (κ2) is 12.5. The molecule has 0 spiro atoms. The number of benzene rings is 2. The second-order valence-corrected chi connectivity index (χ2v) is 10.6. The Morgan fingerprint density at radius 1 is 0.694 bits per heavy atom. The van der Waals surface area contributed by atoms with E-state index >= 15 is 0 Å². The lowest BCUT2D eigenvalue weighted by Crippen LogP contribution is -2.34. The maximum absolute atomic E-state index is 11.9. The van der Waals surface area contributed by atoms with Gasteiger partial charge in [0.05, 0.1) is 0 Å². The van der Waals surface area contributed by atoms with E-state index < -0.39 is 11.2 Å². The summed E-state index contributed by atoms with van der Waals surface area (Å²) in [5.41, 5.74) is 15.9. The summed E-state index contributed by atoms with van der Waals surface area (Å²) in [6, 6.07) is 11.2. The number of carbonyl (C=O) groups is 2. The number of ether oxygens (including phenoxy) is 2. The molecule has 0 aromatic heterocycles. The van der Waals surface area contributed by atoms with Crippen molar-refractivity contribution in [2.24, 2.45) is 0 Å². The number of nitrogens with two attached hydrogens (primary N) is 2. The van der Waals surface area contributed by atoms with Gasteiger partial charge in [0.15, 0.2) is 0 Å². The van der Waals surface area contributed by atoms with Crippen LogP contribution in [0.2, 0.25) is 0 Å². The van der Waals surface area contributed by atoms with E-state index in [0.717, 1.165) is 35.3 Å². The van der Waals surface area contributed by atoms with E-state index in [-0.39, 0.29) is 12.2 Å². The van der Waals surface area contributed by atoms with Crippen LogP contribution in [-0.2, 0) is 22.3 Å². The quantitative estimate of drug-likeness (QED) is 0.470. The SMILES string of the molecule is CCc1ccc(N(C)C(=O)OC(C)(C)C)cc1N.CCc1ccc(N(C)C(=O)OC(C)(C)C)cc1N. The fourth-order valence-electron chi connectivity index (χ4n) is 3.10. The van der Waals surface area contributed by atoms with Crippen LogP contribution in [0.15, 0.2) is 36.4 Å². The van der Waals surface area contributed by atoms with Crippen LogP contribution >= 0.6 is 0 Å². The van der Waals surface area contributed by atoms with Crippen molar-refractivity contribution >= 4 is 34.9 Å². The van der Waals surface area contributed by atoms with Gasteiger partial charge >= 0.3 is 12.2 Å². The molecule has 0 heterocycles. The zero-order valence-corrected chi connectivity index (χ0v) is 23.6. The first-order valence-corrected chi connectivity index (χ1v) is 12.2. The van der Waals surface area contributed by atoms with E-state index in [0.29, 0.717) is 11.4 Å². The Morgan fingerprint density at radius 2 is 1.00 bits per heavy atom. The first kappa shape index (κ1) is 30.6. The fraction of sp³-hybridized carbons (Fsp3) is 0.500. The number of carbonyl (C=O) groups excluding carboxylic acids is 2. The van der Waals surface area contributed by atoms with Crippen LogP contribution in [0.3, 0.4) is 0 Å². The average molecular weight is 501 g/mol. The third-order valence-electron chi connectivity index (χ3n) is 5.13. The molecule has 0 unspecified atom stereocenters. The van der Waals surface area contributed by atoms with Crippen LogP contribution in [0.5, 0.6) is 0 Å². The monoisotopic (exact) mass is 500 g/mol. The predicted molar refractivity (Wildman–Crippen MR) is 150 cm³/mol. The highest BCUT2D eigenvalue weighted by molar-refractivity contribution is 5.88. The van der Waals surface area contributed by atoms with Crippen molar-refractivity contribution in [1.29, 1.82) is 0 Å². The Bertz CT molecular complexity index is 955. The number of nitrogen functional groups attached to an aromatic ring is 2. The molecule has 0 saturated carbocycles. The number of nitrogens with zero attached hydrogens (tertiary/aromatic N) is 2. The summed E-state index contributed by atoms with van der Waals surface area (Å²) in [6.45, 7) is 15.1. The van der Waals surface area contributed by atoms with Gasteiger partial charge in [0.1, 0.15) is 11.2 Å². The molecule has 0 bridgehead atoms. The molecule has 0 saturated heterocycles. The van der Waals surface area contributed by atoms with Gasteiger partial charge in [-0.1, -0.05) is 26.0 Å². The van der Waals surface area contributed by atoms with Gasteiger partial charge in [0, 0.05) is 36.8 Å². The van der Waals surface area contributed by atoms with Gasteiger partial charge in [-0.05, 0) is 89.8 Å². The maximum Gasteiger partial charge on any atom is 0.414 e. The summed E-state index contributed by atoms with van der Waals surface area (Å²) in [5, 5.41) is 0. The standard InChI is InChI=1S/2C14H22N2O2/c2*1-6-10-7-8-11(9-12(10)15)16(5)13(17)18-14(2,3)4/h2*7-9H,6,15H2,1-5H3. The van der Waals surface area contributed by atoms with Crippen molar-refractivity contribution in [2.75, 3.05) is 35.4 Å². The molecule has 0 radical (unpaired) electrons. The van der Waals surface area contributed by atoms with Crippen molar-refractivity contribution in [3.8, 4) is 0 Å². The molecular formula is C28H44N4O4. The molecule has 0 aliphatic carbocycles. The van der Waals surface area contributed by atoms with Crippen molar-refractivity contribution in [1.82, 2.24) is 0 Å². The van der Waals surface area contributed by atoms with Gasteiger partial charge in [-0.15, -0.1) is 0 Å². The number of rotatable bonds is 4. The summed E-state index contributed by atoms with van der Waals surface area (Å²) in [4.78, 5) is 26.7. The minimum Gasteiger partial charge on any atom is -0.443 e. The smallest absolute Gasteiger partial charge is 0.414 e. The minimum atomic E-state index is -0.500. The molecule has 8 nitrogen and oxygen atoms in total. The van der Waals surface area contributed by atoms with Gasteiger partial charge in [-0.3, -0.25) is 9.80 Å². The molecule has 8 heteroatoms.